The van der Waals surface area contributed by atoms with Crippen molar-refractivity contribution in [3.05, 3.63) is 22.1 Å². The van der Waals surface area contributed by atoms with E-state index in [1.54, 1.807) is 13.0 Å². The number of imide groups is 1. The molecule has 2 aliphatic heterocycles. The molecule has 6 aliphatic rings. The summed E-state index contributed by atoms with van der Waals surface area (Å²) in [5, 5.41) is 9.01. The Kier molecular flexibility index (Phi) is 7.99. The molecule has 4 bridgehead atoms. The van der Waals surface area contributed by atoms with E-state index in [9.17, 15) is 19.3 Å². The van der Waals surface area contributed by atoms with Gasteiger partial charge in [0, 0.05) is 22.4 Å². The first-order chi connectivity index (χ1) is 18.1. The summed E-state index contributed by atoms with van der Waals surface area (Å²) >= 11 is 5.12. The van der Waals surface area contributed by atoms with Crippen LogP contribution in [-0.4, -0.2) is 60.6 Å². The van der Waals surface area contributed by atoms with Crippen molar-refractivity contribution in [3.8, 4) is 0 Å². The van der Waals surface area contributed by atoms with E-state index in [0.717, 1.165) is 19.3 Å². The summed E-state index contributed by atoms with van der Waals surface area (Å²) in [6.45, 7) is -2.05. The van der Waals surface area contributed by atoms with E-state index in [4.69, 9.17) is 31.1 Å². The summed E-state index contributed by atoms with van der Waals surface area (Å²) in [4.78, 5) is 50.4. The second-order valence-corrected chi connectivity index (χ2v) is 14.3. The predicted octanol–water partition coefficient (Wildman–Crippen LogP) is 2.62. The van der Waals surface area contributed by atoms with Crippen LogP contribution in [0.5, 0.6) is 0 Å². The van der Waals surface area contributed by atoms with Crippen LogP contribution in [0.15, 0.2) is 16.8 Å². The monoisotopic (exact) mass is 567 g/mol. The molecular weight excluding hydrogens is 533 g/mol. The fourth-order valence-corrected chi connectivity index (χ4v) is 8.57. The van der Waals surface area contributed by atoms with Gasteiger partial charge in [0.1, 0.15) is 0 Å². The maximum atomic E-state index is 13.1. The Morgan fingerprint density at radius 1 is 1.26 bits per heavy atom. The van der Waals surface area contributed by atoms with Gasteiger partial charge in [-0.2, -0.15) is 0 Å². The number of rotatable bonds is 10. The first-order valence-corrected chi connectivity index (χ1v) is 15.8. The maximum absolute atomic E-state index is 13.1. The third kappa shape index (κ3) is 5.84. The largest absolute Gasteiger partial charge is 0.371 e. The van der Waals surface area contributed by atoms with Gasteiger partial charge in [0.05, 0.1) is 37.4 Å². The third-order valence-corrected chi connectivity index (χ3v) is 10.4. The van der Waals surface area contributed by atoms with E-state index in [2.05, 4.69) is 20.7 Å². The Hall–Kier alpha value is -1.85. The van der Waals surface area contributed by atoms with Crippen molar-refractivity contribution in [2.45, 2.75) is 70.1 Å². The molecular formula is C24H34N5O7PS. The molecule has 0 aromatic carbocycles. The van der Waals surface area contributed by atoms with Crippen LogP contribution in [0.1, 0.15) is 51.9 Å². The molecule has 0 radical (unpaired) electrons. The third-order valence-electron chi connectivity index (χ3n) is 8.74. The Morgan fingerprint density at radius 2 is 1.92 bits per heavy atom. The Morgan fingerprint density at radius 3 is 2.55 bits per heavy atom. The molecule has 38 heavy (non-hydrogen) atoms. The number of carbonyl (C=O) groups is 3. The lowest BCUT2D eigenvalue weighted by Crippen LogP contribution is -2.53. The van der Waals surface area contributed by atoms with Crippen LogP contribution in [0.4, 0.5) is 0 Å². The van der Waals surface area contributed by atoms with Crippen LogP contribution in [0.25, 0.3) is 10.4 Å². The number of hydrogen-bond acceptors (Lipinski definition) is 8. The van der Waals surface area contributed by atoms with Gasteiger partial charge in [-0.25, -0.2) is 0 Å². The lowest BCUT2D eigenvalue weighted by Gasteiger charge is -2.55. The predicted molar refractivity (Wildman–Crippen MR) is 139 cm³/mol. The molecule has 12 nitrogen and oxygen atoms in total. The zero-order valence-corrected chi connectivity index (χ0v) is 23.0. The first-order valence-electron chi connectivity index (χ1n) is 13.2. The molecule has 3 N–H and O–H groups in total. The van der Waals surface area contributed by atoms with Gasteiger partial charge in [-0.05, 0) is 87.0 Å². The highest BCUT2D eigenvalue weighted by molar-refractivity contribution is 8.07. The summed E-state index contributed by atoms with van der Waals surface area (Å²) < 4.78 is 16.8. The number of azide groups is 1. The summed E-state index contributed by atoms with van der Waals surface area (Å²) in [6, 6.07) is -0.654. The van der Waals surface area contributed by atoms with Crippen LogP contribution < -0.4 is 10.6 Å². The summed E-state index contributed by atoms with van der Waals surface area (Å²) in [6.07, 6.45) is 7.06. The minimum atomic E-state index is -3.66. The normalized spacial score (nSPS) is 39.2. The van der Waals surface area contributed by atoms with Crippen molar-refractivity contribution < 1.29 is 33.1 Å². The number of carbonyl (C=O) groups excluding carboxylic acids is 3. The van der Waals surface area contributed by atoms with Crippen molar-refractivity contribution in [1.29, 1.82) is 0 Å². The standard InChI is InChI=1S/C24H34N5O7PS/c1-13-4-17(22(31)27-21(13)30)19-8-18(28-29-25)20(36-19)12-35-37(33,38)34-3-2-26-23(32)24-9-14-5-15(10-24)7-16(6-14)11-24/h4,14-20H,2-3,5-12H2,1H3,(H,26,32)(H,33,38)(H,27,30,31)/t14?,15?,16?,17?,18?,19?,20-,24?,37?/m1/s1. The van der Waals surface area contributed by atoms with Gasteiger partial charge in [-0.3, -0.25) is 19.7 Å². The number of hydrogen-bond donors (Lipinski definition) is 3. The maximum Gasteiger partial charge on any atom is 0.324 e. The first kappa shape index (κ1) is 27.7. The molecule has 5 atom stereocenters. The van der Waals surface area contributed by atoms with Gasteiger partial charge in [0.25, 0.3) is 5.91 Å². The lowest BCUT2D eigenvalue weighted by molar-refractivity contribution is -0.146. The Labute approximate surface area is 226 Å². The second-order valence-electron chi connectivity index (χ2n) is 11.5. The summed E-state index contributed by atoms with van der Waals surface area (Å²) in [7, 11) is 0. The number of amides is 3. The highest BCUT2D eigenvalue weighted by Crippen LogP contribution is 2.60. The quantitative estimate of drug-likeness (QED) is 0.0903. The SMILES string of the molecule is CC1=CC(C2CC(N=[N+]=[N-])[C@@H](COP(O)(=S)OCCNC(=O)C34CC5CC(CC(C5)C3)C4)O2)C(=O)NC1=O. The zero-order valence-electron chi connectivity index (χ0n) is 21.3. The molecule has 1 saturated heterocycles. The topological polar surface area (TPSA) is 172 Å². The smallest absolute Gasteiger partial charge is 0.324 e. The molecule has 2 heterocycles. The van der Waals surface area contributed by atoms with Gasteiger partial charge in [-0.1, -0.05) is 11.2 Å². The van der Waals surface area contributed by atoms with Gasteiger partial charge < -0.3 is 24.0 Å². The highest BCUT2D eigenvalue weighted by Gasteiger charge is 2.54. The van der Waals surface area contributed by atoms with Crippen molar-refractivity contribution in [2.75, 3.05) is 19.8 Å². The highest BCUT2D eigenvalue weighted by atomic mass is 32.5. The molecule has 4 unspecified atom stereocenters. The number of nitrogens with one attached hydrogen (secondary N) is 2. The number of ether oxygens (including phenoxy) is 1. The molecule has 4 saturated carbocycles. The minimum absolute atomic E-state index is 0.000153. The molecule has 5 fully saturated rings. The Balaban J connectivity index is 1.09. The lowest BCUT2D eigenvalue weighted by atomic mass is 9.49. The minimum Gasteiger partial charge on any atom is -0.371 e. The fourth-order valence-electron chi connectivity index (χ4n) is 7.43. The van der Waals surface area contributed by atoms with E-state index >= 15 is 0 Å². The molecule has 0 aromatic rings. The van der Waals surface area contributed by atoms with Crippen LogP contribution in [-0.2, 0) is 40.0 Å². The van der Waals surface area contributed by atoms with Crippen molar-refractivity contribution in [1.82, 2.24) is 10.6 Å². The average Bonchev–Trinajstić information content (AvgIpc) is 3.24. The molecule has 0 aromatic heterocycles. The molecule has 6 rings (SSSR count). The van der Waals surface area contributed by atoms with Crippen LogP contribution in [0.2, 0.25) is 0 Å². The van der Waals surface area contributed by atoms with E-state index in [0.29, 0.717) is 23.3 Å². The van der Waals surface area contributed by atoms with Crippen LogP contribution in [0.3, 0.4) is 0 Å². The fraction of sp³-hybridized carbons (Fsp3) is 0.792. The molecule has 208 valence electrons. The van der Waals surface area contributed by atoms with Gasteiger partial charge in [0.15, 0.2) is 0 Å². The van der Waals surface area contributed by atoms with Crippen molar-refractivity contribution in [3.63, 3.8) is 0 Å². The van der Waals surface area contributed by atoms with E-state index in [1.807, 2.05) is 0 Å². The van der Waals surface area contributed by atoms with E-state index < -0.39 is 42.7 Å². The van der Waals surface area contributed by atoms with E-state index in [-0.39, 0.29) is 37.5 Å². The van der Waals surface area contributed by atoms with Crippen molar-refractivity contribution >= 4 is 36.2 Å². The van der Waals surface area contributed by atoms with Crippen LogP contribution in [0, 0.1) is 29.1 Å². The summed E-state index contributed by atoms with van der Waals surface area (Å²) in [5.74, 6) is 0.416. The van der Waals surface area contributed by atoms with Gasteiger partial charge in [0.2, 0.25) is 11.8 Å². The van der Waals surface area contributed by atoms with E-state index in [1.165, 1.54) is 19.3 Å². The van der Waals surface area contributed by atoms with Gasteiger partial charge in [-0.15, -0.1) is 0 Å². The second kappa shape index (κ2) is 11.0. The van der Waals surface area contributed by atoms with Crippen molar-refractivity contribution in [2.24, 2.45) is 34.2 Å². The molecule has 4 aliphatic carbocycles. The average molecular weight is 568 g/mol. The molecule has 14 heteroatoms. The van der Waals surface area contributed by atoms with Gasteiger partial charge >= 0.3 is 6.72 Å². The molecule has 0 spiro atoms. The molecule has 3 amide bonds. The summed E-state index contributed by atoms with van der Waals surface area (Å²) in [5.41, 5.74) is 9.09. The van der Waals surface area contributed by atoms with Crippen LogP contribution >= 0.6 is 6.72 Å². The Bertz CT molecular complexity index is 1090. The number of nitrogens with zero attached hydrogens (tertiary/aromatic N) is 3. The zero-order chi connectivity index (χ0) is 27.1.